The van der Waals surface area contributed by atoms with E-state index in [2.05, 4.69) is 24.0 Å². The molecular formula is C23H25N3O4. The zero-order valence-corrected chi connectivity index (χ0v) is 17.0. The molecule has 1 aliphatic rings. The first-order valence-corrected chi connectivity index (χ1v) is 10.3. The summed E-state index contributed by atoms with van der Waals surface area (Å²) in [4.78, 5) is 29.0. The number of benzene rings is 2. The monoisotopic (exact) mass is 407 g/mol. The molecule has 1 aliphatic heterocycles. The Morgan fingerprint density at radius 2 is 1.93 bits per heavy atom. The van der Waals surface area contributed by atoms with Crippen LogP contribution >= 0.6 is 0 Å². The van der Waals surface area contributed by atoms with Crippen molar-refractivity contribution in [1.82, 2.24) is 9.88 Å². The van der Waals surface area contributed by atoms with Crippen molar-refractivity contribution in [2.75, 3.05) is 26.3 Å². The molecule has 156 valence electrons. The number of amides is 1. The largest absolute Gasteiger partial charge is 0.378 e. The van der Waals surface area contributed by atoms with Gasteiger partial charge in [0, 0.05) is 54.7 Å². The van der Waals surface area contributed by atoms with E-state index in [1.165, 1.54) is 17.7 Å². The van der Waals surface area contributed by atoms with E-state index in [-0.39, 0.29) is 17.5 Å². The molecule has 1 aromatic heterocycles. The average molecular weight is 407 g/mol. The maximum Gasteiger partial charge on any atom is 0.269 e. The molecule has 2 heterocycles. The van der Waals surface area contributed by atoms with Crippen LogP contribution < -0.4 is 0 Å². The predicted molar refractivity (Wildman–Crippen MR) is 115 cm³/mol. The van der Waals surface area contributed by atoms with E-state index in [0.29, 0.717) is 32.7 Å². The van der Waals surface area contributed by atoms with Gasteiger partial charge in [0.05, 0.1) is 18.1 Å². The molecule has 0 radical (unpaired) electrons. The van der Waals surface area contributed by atoms with Gasteiger partial charge in [0.1, 0.15) is 0 Å². The molecule has 0 saturated carbocycles. The number of carbonyl (C=O) groups is 1. The number of hydrogen-bond acceptors (Lipinski definition) is 4. The van der Waals surface area contributed by atoms with Crippen molar-refractivity contribution in [2.24, 2.45) is 0 Å². The molecule has 30 heavy (non-hydrogen) atoms. The molecule has 4 rings (SSSR count). The number of hydrogen-bond donors (Lipinski definition) is 1. The lowest BCUT2D eigenvalue weighted by molar-refractivity contribution is -0.384. The number of aryl methyl sites for hydroxylation is 1. The van der Waals surface area contributed by atoms with E-state index in [9.17, 15) is 14.9 Å². The second-order valence-electron chi connectivity index (χ2n) is 7.54. The van der Waals surface area contributed by atoms with Gasteiger partial charge in [-0.25, -0.2) is 0 Å². The molecule has 1 amide bonds. The van der Waals surface area contributed by atoms with E-state index in [1.54, 1.807) is 12.1 Å². The number of non-ortho nitro benzene ring substituents is 1. The first-order valence-electron chi connectivity index (χ1n) is 10.3. The summed E-state index contributed by atoms with van der Waals surface area (Å²) in [6.07, 6.45) is 3.19. The second kappa shape index (κ2) is 8.67. The standard InChI is InChI=1S/C23H25N3O4/c1-2-16-4-3-5-19-21(15-24-23(16)19)20(14-22(27)25-10-12-30-13-11-25)17-6-8-18(9-7-17)26(28)29/h3-9,15,20,24H,2,10-14H2,1H3. The van der Waals surface area contributed by atoms with Gasteiger partial charge in [-0.3, -0.25) is 14.9 Å². The third-order valence-corrected chi connectivity index (χ3v) is 5.84. The molecule has 0 spiro atoms. The average Bonchev–Trinajstić information content (AvgIpc) is 3.22. The predicted octanol–water partition coefficient (Wildman–Crippen LogP) is 4.02. The van der Waals surface area contributed by atoms with Crippen molar-refractivity contribution in [1.29, 1.82) is 0 Å². The van der Waals surface area contributed by atoms with Gasteiger partial charge in [0.25, 0.3) is 5.69 Å². The quantitative estimate of drug-likeness (QED) is 0.494. The number of H-pyrrole nitrogens is 1. The lowest BCUT2D eigenvalue weighted by atomic mass is 9.87. The van der Waals surface area contributed by atoms with Crippen LogP contribution in [0.15, 0.2) is 48.7 Å². The fourth-order valence-electron chi connectivity index (χ4n) is 4.17. The number of aromatic nitrogens is 1. The van der Waals surface area contributed by atoms with Crippen molar-refractivity contribution in [3.05, 3.63) is 75.5 Å². The van der Waals surface area contributed by atoms with Crippen molar-refractivity contribution in [3.8, 4) is 0 Å². The third-order valence-electron chi connectivity index (χ3n) is 5.84. The number of nitro benzene ring substituents is 1. The first-order chi connectivity index (χ1) is 14.6. The number of rotatable bonds is 6. The maximum absolute atomic E-state index is 13.1. The molecule has 3 aromatic rings. The van der Waals surface area contributed by atoms with E-state index < -0.39 is 4.92 Å². The topological polar surface area (TPSA) is 88.5 Å². The Bertz CT molecular complexity index is 1050. The van der Waals surface area contributed by atoms with Crippen molar-refractivity contribution < 1.29 is 14.5 Å². The smallest absolute Gasteiger partial charge is 0.269 e. The van der Waals surface area contributed by atoms with Crippen LogP contribution in [0.1, 0.15) is 36.0 Å². The van der Waals surface area contributed by atoms with Gasteiger partial charge in [-0.05, 0) is 23.1 Å². The van der Waals surface area contributed by atoms with Crippen molar-refractivity contribution in [3.63, 3.8) is 0 Å². The number of carbonyl (C=O) groups excluding carboxylic acids is 1. The van der Waals surface area contributed by atoms with Crippen LogP contribution in [0.5, 0.6) is 0 Å². The van der Waals surface area contributed by atoms with E-state index in [4.69, 9.17) is 4.74 Å². The summed E-state index contributed by atoms with van der Waals surface area (Å²) in [5, 5.41) is 12.2. The zero-order chi connectivity index (χ0) is 21.1. The molecule has 7 heteroatoms. The molecule has 0 aliphatic carbocycles. The van der Waals surface area contributed by atoms with Gasteiger partial charge in [0.2, 0.25) is 5.91 Å². The summed E-state index contributed by atoms with van der Waals surface area (Å²) < 4.78 is 5.37. The van der Waals surface area contributed by atoms with Gasteiger partial charge >= 0.3 is 0 Å². The number of fused-ring (bicyclic) bond motifs is 1. The van der Waals surface area contributed by atoms with E-state index in [1.807, 2.05) is 17.2 Å². The normalized spacial score (nSPS) is 15.3. The number of ether oxygens (including phenoxy) is 1. The molecule has 1 N–H and O–H groups in total. The summed E-state index contributed by atoms with van der Waals surface area (Å²) in [7, 11) is 0. The second-order valence-corrected chi connectivity index (χ2v) is 7.54. The number of para-hydroxylation sites is 1. The molecule has 1 atom stereocenters. The highest BCUT2D eigenvalue weighted by molar-refractivity contribution is 5.88. The molecular weight excluding hydrogens is 382 g/mol. The van der Waals surface area contributed by atoms with E-state index >= 15 is 0 Å². The van der Waals surface area contributed by atoms with Crippen LogP contribution in [0, 0.1) is 10.1 Å². The van der Waals surface area contributed by atoms with Crippen LogP contribution in [0.2, 0.25) is 0 Å². The molecule has 2 aromatic carbocycles. The minimum atomic E-state index is -0.406. The molecule has 1 unspecified atom stereocenters. The lowest BCUT2D eigenvalue weighted by Crippen LogP contribution is -2.41. The Hall–Kier alpha value is -3.19. The Labute approximate surface area is 174 Å². The van der Waals surface area contributed by atoms with Crippen LogP contribution in [0.4, 0.5) is 5.69 Å². The highest BCUT2D eigenvalue weighted by Crippen LogP contribution is 2.35. The SMILES string of the molecule is CCc1cccc2c(C(CC(=O)N3CCOCC3)c3ccc([N+](=O)[O-])cc3)c[nH]c12. The number of aromatic amines is 1. The van der Waals surface area contributed by atoms with E-state index in [0.717, 1.165) is 28.5 Å². The summed E-state index contributed by atoms with van der Waals surface area (Å²) in [6.45, 7) is 4.42. The van der Waals surface area contributed by atoms with Gasteiger partial charge in [0.15, 0.2) is 0 Å². The number of nitro groups is 1. The molecule has 7 nitrogen and oxygen atoms in total. The summed E-state index contributed by atoms with van der Waals surface area (Å²) in [5.41, 5.74) is 4.28. The Morgan fingerprint density at radius 1 is 1.20 bits per heavy atom. The van der Waals surface area contributed by atoms with Gasteiger partial charge in [-0.15, -0.1) is 0 Å². The van der Waals surface area contributed by atoms with Crippen molar-refractivity contribution in [2.45, 2.75) is 25.7 Å². The zero-order valence-electron chi connectivity index (χ0n) is 17.0. The summed E-state index contributed by atoms with van der Waals surface area (Å²) in [6, 6.07) is 12.7. The van der Waals surface area contributed by atoms with Crippen LogP contribution in [0.3, 0.4) is 0 Å². The minimum Gasteiger partial charge on any atom is -0.378 e. The summed E-state index contributed by atoms with van der Waals surface area (Å²) in [5.74, 6) is -0.121. The van der Waals surface area contributed by atoms with Gasteiger partial charge in [-0.2, -0.15) is 0 Å². The van der Waals surface area contributed by atoms with Gasteiger partial charge in [-0.1, -0.05) is 37.3 Å². The minimum absolute atomic E-state index is 0.0456. The lowest BCUT2D eigenvalue weighted by Gasteiger charge is -2.28. The van der Waals surface area contributed by atoms with Crippen LogP contribution in [0.25, 0.3) is 10.9 Å². The number of nitrogens with zero attached hydrogens (tertiary/aromatic N) is 2. The highest BCUT2D eigenvalue weighted by Gasteiger charge is 2.26. The Morgan fingerprint density at radius 3 is 2.60 bits per heavy atom. The Kier molecular flexibility index (Phi) is 5.81. The first kappa shape index (κ1) is 20.1. The fraction of sp³-hybridized carbons (Fsp3) is 0.348. The van der Waals surface area contributed by atoms with Crippen LogP contribution in [-0.2, 0) is 16.0 Å². The maximum atomic E-state index is 13.1. The van der Waals surface area contributed by atoms with Gasteiger partial charge < -0.3 is 14.6 Å². The summed E-state index contributed by atoms with van der Waals surface area (Å²) >= 11 is 0. The molecule has 0 bridgehead atoms. The molecule has 1 fully saturated rings. The van der Waals surface area contributed by atoms with Crippen LogP contribution in [-0.4, -0.2) is 47.0 Å². The number of morpholine rings is 1. The Balaban J connectivity index is 1.73. The fourth-order valence-corrected chi connectivity index (χ4v) is 4.17. The molecule has 1 saturated heterocycles. The van der Waals surface area contributed by atoms with Crippen molar-refractivity contribution >= 4 is 22.5 Å². The number of nitrogens with one attached hydrogen (secondary N) is 1. The third kappa shape index (κ3) is 3.93. The highest BCUT2D eigenvalue weighted by atomic mass is 16.6.